The molecule has 82 valence electrons. The number of hydrogen-bond donors (Lipinski definition) is 1. The number of aliphatic carboxylic acids is 1. The highest BCUT2D eigenvalue weighted by Gasteiger charge is 2.31. The number of aryl methyl sites for hydroxylation is 1. The van der Waals surface area contributed by atoms with Crippen LogP contribution in [0.1, 0.15) is 24.6 Å². The van der Waals surface area contributed by atoms with E-state index in [0.717, 1.165) is 13.0 Å². The summed E-state index contributed by atoms with van der Waals surface area (Å²) in [6, 6.07) is -0.399. The molecule has 15 heavy (non-hydrogen) atoms. The number of carboxylic acids is 1. The average molecular weight is 211 g/mol. The second-order valence-electron chi connectivity index (χ2n) is 3.70. The van der Waals surface area contributed by atoms with Crippen molar-refractivity contribution in [2.24, 2.45) is 0 Å². The van der Waals surface area contributed by atoms with E-state index in [9.17, 15) is 4.79 Å². The highest BCUT2D eigenvalue weighted by Crippen LogP contribution is 2.19. The number of likely N-dealkylation sites (tertiary alicyclic amines) is 1. The van der Waals surface area contributed by atoms with Crippen LogP contribution in [0.5, 0.6) is 0 Å². The van der Waals surface area contributed by atoms with Gasteiger partial charge in [0.15, 0.2) is 5.82 Å². The van der Waals surface area contributed by atoms with Gasteiger partial charge in [0, 0.05) is 6.92 Å². The third-order valence-corrected chi connectivity index (χ3v) is 2.56. The van der Waals surface area contributed by atoms with E-state index in [2.05, 4.69) is 10.1 Å². The quantitative estimate of drug-likeness (QED) is 0.780. The van der Waals surface area contributed by atoms with Crippen LogP contribution < -0.4 is 0 Å². The first-order valence-electron chi connectivity index (χ1n) is 4.93. The molecule has 1 aromatic heterocycles. The molecule has 0 amide bonds. The molecule has 1 aliphatic rings. The molecule has 2 rings (SSSR count). The Bertz CT molecular complexity index is 363. The first-order valence-corrected chi connectivity index (χ1v) is 4.93. The molecule has 1 aromatic rings. The Hall–Kier alpha value is -1.43. The second-order valence-corrected chi connectivity index (χ2v) is 3.70. The van der Waals surface area contributed by atoms with Gasteiger partial charge in [-0.05, 0) is 19.4 Å². The number of carboxylic acid groups (broad SMARTS) is 1. The van der Waals surface area contributed by atoms with E-state index in [1.807, 2.05) is 4.90 Å². The van der Waals surface area contributed by atoms with Crippen molar-refractivity contribution in [3.63, 3.8) is 0 Å². The number of hydrogen-bond acceptors (Lipinski definition) is 5. The Morgan fingerprint density at radius 1 is 1.73 bits per heavy atom. The summed E-state index contributed by atoms with van der Waals surface area (Å²) in [5.41, 5.74) is 0. The minimum atomic E-state index is -0.771. The van der Waals surface area contributed by atoms with Crippen molar-refractivity contribution in [3.8, 4) is 0 Å². The molecule has 1 fully saturated rings. The van der Waals surface area contributed by atoms with Gasteiger partial charge in [0.05, 0.1) is 6.54 Å². The first-order chi connectivity index (χ1) is 7.16. The molecule has 0 radical (unpaired) electrons. The Morgan fingerprint density at radius 3 is 3.13 bits per heavy atom. The van der Waals surface area contributed by atoms with Gasteiger partial charge in [-0.3, -0.25) is 9.69 Å². The summed E-state index contributed by atoms with van der Waals surface area (Å²) in [7, 11) is 0. The Balaban J connectivity index is 2.02. The zero-order valence-corrected chi connectivity index (χ0v) is 8.51. The van der Waals surface area contributed by atoms with Crippen LogP contribution in [0.3, 0.4) is 0 Å². The van der Waals surface area contributed by atoms with Crippen molar-refractivity contribution in [1.82, 2.24) is 15.0 Å². The fourth-order valence-electron chi connectivity index (χ4n) is 1.88. The van der Waals surface area contributed by atoms with Gasteiger partial charge in [0.2, 0.25) is 5.89 Å². The van der Waals surface area contributed by atoms with Gasteiger partial charge in [-0.1, -0.05) is 5.16 Å². The molecule has 0 saturated carbocycles. The normalized spacial score (nSPS) is 22.1. The van der Waals surface area contributed by atoms with Crippen LogP contribution >= 0.6 is 0 Å². The molecule has 1 saturated heterocycles. The van der Waals surface area contributed by atoms with Crippen LogP contribution in [0, 0.1) is 6.92 Å². The zero-order valence-electron chi connectivity index (χ0n) is 8.51. The molecule has 1 N–H and O–H groups in total. The van der Waals surface area contributed by atoms with Gasteiger partial charge in [-0.15, -0.1) is 0 Å². The predicted octanol–water partition coefficient (Wildman–Crippen LogP) is 0.427. The third-order valence-electron chi connectivity index (χ3n) is 2.56. The molecule has 0 bridgehead atoms. The lowest BCUT2D eigenvalue weighted by molar-refractivity contribution is -0.142. The molecule has 6 nitrogen and oxygen atoms in total. The van der Waals surface area contributed by atoms with Gasteiger partial charge < -0.3 is 9.63 Å². The van der Waals surface area contributed by atoms with Crippen LogP contribution in [0.15, 0.2) is 4.52 Å². The standard InChI is InChI=1S/C9H13N3O3/c1-6-10-8(11-15-6)5-12-4-2-3-7(12)9(13)14/h7H,2-5H2,1H3,(H,13,14)/t7-/m0/s1. The zero-order chi connectivity index (χ0) is 10.8. The predicted molar refractivity (Wildman–Crippen MR) is 50.1 cm³/mol. The highest BCUT2D eigenvalue weighted by atomic mass is 16.5. The number of aromatic nitrogens is 2. The lowest BCUT2D eigenvalue weighted by Crippen LogP contribution is -2.35. The summed E-state index contributed by atoms with van der Waals surface area (Å²) in [6.45, 7) is 2.95. The van der Waals surface area contributed by atoms with E-state index in [-0.39, 0.29) is 0 Å². The second kappa shape index (κ2) is 3.98. The minimum absolute atomic E-state index is 0.399. The van der Waals surface area contributed by atoms with Crippen molar-refractivity contribution in [2.45, 2.75) is 32.4 Å². The Labute approximate surface area is 86.9 Å². The van der Waals surface area contributed by atoms with Crippen LogP contribution in [0.4, 0.5) is 0 Å². The van der Waals surface area contributed by atoms with E-state index in [1.54, 1.807) is 6.92 Å². The number of rotatable bonds is 3. The Kier molecular flexibility index (Phi) is 2.68. The summed E-state index contributed by atoms with van der Waals surface area (Å²) in [5.74, 6) is 0.296. The average Bonchev–Trinajstić information content (AvgIpc) is 2.75. The third kappa shape index (κ3) is 2.15. The van der Waals surface area contributed by atoms with Crippen molar-refractivity contribution in [1.29, 1.82) is 0 Å². The summed E-state index contributed by atoms with van der Waals surface area (Å²) in [4.78, 5) is 16.8. The summed E-state index contributed by atoms with van der Waals surface area (Å²) in [6.07, 6.45) is 1.61. The number of nitrogens with zero attached hydrogens (tertiary/aromatic N) is 3. The highest BCUT2D eigenvalue weighted by molar-refractivity contribution is 5.73. The summed E-state index contributed by atoms with van der Waals surface area (Å²) >= 11 is 0. The molecule has 0 aliphatic carbocycles. The summed E-state index contributed by atoms with van der Waals surface area (Å²) in [5, 5.41) is 12.7. The fourth-order valence-corrected chi connectivity index (χ4v) is 1.88. The topological polar surface area (TPSA) is 79.5 Å². The largest absolute Gasteiger partial charge is 0.480 e. The molecule has 0 aromatic carbocycles. The van der Waals surface area contributed by atoms with Crippen LogP contribution in [0.25, 0.3) is 0 Å². The van der Waals surface area contributed by atoms with E-state index in [1.165, 1.54) is 0 Å². The maximum absolute atomic E-state index is 10.9. The van der Waals surface area contributed by atoms with E-state index in [4.69, 9.17) is 9.63 Å². The van der Waals surface area contributed by atoms with Crippen LogP contribution in [-0.2, 0) is 11.3 Å². The lowest BCUT2D eigenvalue weighted by atomic mass is 10.2. The van der Waals surface area contributed by atoms with Crippen molar-refractivity contribution >= 4 is 5.97 Å². The molecule has 1 aliphatic heterocycles. The van der Waals surface area contributed by atoms with Crippen LogP contribution in [-0.4, -0.2) is 38.7 Å². The van der Waals surface area contributed by atoms with Crippen LogP contribution in [0.2, 0.25) is 0 Å². The molecular formula is C9H13N3O3. The minimum Gasteiger partial charge on any atom is -0.480 e. The van der Waals surface area contributed by atoms with E-state index in [0.29, 0.717) is 24.7 Å². The maximum Gasteiger partial charge on any atom is 0.320 e. The molecule has 0 unspecified atom stereocenters. The smallest absolute Gasteiger partial charge is 0.320 e. The van der Waals surface area contributed by atoms with E-state index >= 15 is 0 Å². The van der Waals surface area contributed by atoms with Gasteiger partial charge in [0.25, 0.3) is 0 Å². The fraction of sp³-hybridized carbons (Fsp3) is 0.667. The number of carbonyl (C=O) groups is 1. The van der Waals surface area contributed by atoms with Gasteiger partial charge >= 0.3 is 5.97 Å². The Morgan fingerprint density at radius 2 is 2.53 bits per heavy atom. The van der Waals surface area contributed by atoms with Crippen molar-refractivity contribution in [3.05, 3.63) is 11.7 Å². The molecule has 2 heterocycles. The van der Waals surface area contributed by atoms with Crippen molar-refractivity contribution in [2.75, 3.05) is 6.54 Å². The van der Waals surface area contributed by atoms with Gasteiger partial charge in [-0.2, -0.15) is 4.98 Å². The first kappa shape index (κ1) is 10.1. The van der Waals surface area contributed by atoms with E-state index < -0.39 is 12.0 Å². The SMILES string of the molecule is Cc1nc(CN2CCC[C@H]2C(=O)O)no1. The van der Waals surface area contributed by atoms with Crippen molar-refractivity contribution < 1.29 is 14.4 Å². The lowest BCUT2D eigenvalue weighted by Gasteiger charge is -2.18. The summed E-state index contributed by atoms with van der Waals surface area (Å²) < 4.78 is 4.84. The maximum atomic E-state index is 10.9. The molecule has 1 atom stereocenters. The van der Waals surface area contributed by atoms with Gasteiger partial charge in [-0.25, -0.2) is 0 Å². The molecular weight excluding hydrogens is 198 g/mol. The monoisotopic (exact) mass is 211 g/mol. The molecule has 6 heteroatoms. The van der Waals surface area contributed by atoms with Gasteiger partial charge in [0.1, 0.15) is 6.04 Å². The molecule has 0 spiro atoms.